The lowest BCUT2D eigenvalue weighted by atomic mass is 9.78. The van der Waals surface area contributed by atoms with Gasteiger partial charge in [-0.2, -0.15) is 0 Å². The number of aromatic nitrogens is 2. The van der Waals surface area contributed by atoms with Crippen molar-refractivity contribution in [3.8, 4) is 17.1 Å². The van der Waals surface area contributed by atoms with Gasteiger partial charge in [-0.3, -0.25) is 0 Å². The minimum absolute atomic E-state index is 0.219. The van der Waals surface area contributed by atoms with Crippen LogP contribution < -0.4 is 4.74 Å². The average molecular weight is 399 g/mol. The molecule has 158 valence electrons. The summed E-state index contributed by atoms with van der Waals surface area (Å²) < 4.78 is 20.3. The molecule has 1 fully saturated rings. The Kier molecular flexibility index (Phi) is 8.45. The standard InChI is InChI=1S/C25H35FN2O/c1-3-5-6-17-29-25-16-15-24(27-28-25)22-14-13-21(18-23(22)26)12-11-20-9-7-19(4-2)8-10-20/h13-16,18-20H,3-12,17H2,1-2H3. The smallest absolute Gasteiger partial charge is 0.233 e. The van der Waals surface area contributed by atoms with Crippen LogP contribution in [-0.2, 0) is 6.42 Å². The molecule has 1 aromatic carbocycles. The van der Waals surface area contributed by atoms with Crippen molar-refractivity contribution in [2.75, 3.05) is 6.61 Å². The van der Waals surface area contributed by atoms with Crippen LogP contribution in [0.3, 0.4) is 0 Å². The van der Waals surface area contributed by atoms with Gasteiger partial charge in [0.2, 0.25) is 5.88 Å². The van der Waals surface area contributed by atoms with Crippen molar-refractivity contribution in [1.29, 1.82) is 0 Å². The van der Waals surface area contributed by atoms with E-state index < -0.39 is 0 Å². The van der Waals surface area contributed by atoms with Crippen molar-refractivity contribution in [2.45, 2.75) is 78.1 Å². The molecular formula is C25H35FN2O. The summed E-state index contributed by atoms with van der Waals surface area (Å²) in [5, 5.41) is 8.25. The Morgan fingerprint density at radius 3 is 2.41 bits per heavy atom. The van der Waals surface area contributed by atoms with Crippen LogP contribution in [0, 0.1) is 17.7 Å². The van der Waals surface area contributed by atoms with Gasteiger partial charge in [0.15, 0.2) is 0 Å². The number of nitrogens with zero attached hydrogens (tertiary/aromatic N) is 2. The normalized spacial score (nSPS) is 19.3. The summed E-state index contributed by atoms with van der Waals surface area (Å²) in [5.74, 6) is 2.01. The highest BCUT2D eigenvalue weighted by Gasteiger charge is 2.20. The molecule has 1 saturated carbocycles. The molecule has 0 spiro atoms. The van der Waals surface area contributed by atoms with E-state index in [1.54, 1.807) is 18.2 Å². The molecule has 3 nitrogen and oxygen atoms in total. The molecular weight excluding hydrogens is 363 g/mol. The monoisotopic (exact) mass is 398 g/mol. The van der Waals surface area contributed by atoms with Crippen LogP contribution in [0.1, 0.15) is 77.2 Å². The molecule has 0 N–H and O–H groups in total. The molecule has 2 aromatic rings. The number of ether oxygens (including phenoxy) is 1. The highest BCUT2D eigenvalue weighted by atomic mass is 19.1. The fraction of sp³-hybridized carbons (Fsp3) is 0.600. The minimum Gasteiger partial charge on any atom is -0.477 e. The maximum Gasteiger partial charge on any atom is 0.233 e. The second-order valence-corrected chi connectivity index (χ2v) is 8.46. The summed E-state index contributed by atoms with van der Waals surface area (Å²) in [4.78, 5) is 0. The Bertz CT molecular complexity index is 739. The number of benzene rings is 1. The molecule has 0 bridgehead atoms. The number of aryl methyl sites for hydroxylation is 1. The van der Waals surface area contributed by atoms with Crippen LogP contribution in [0.5, 0.6) is 5.88 Å². The van der Waals surface area contributed by atoms with Gasteiger partial charge in [-0.1, -0.05) is 64.9 Å². The highest BCUT2D eigenvalue weighted by Crippen LogP contribution is 2.33. The lowest BCUT2D eigenvalue weighted by Gasteiger charge is -2.27. The van der Waals surface area contributed by atoms with Gasteiger partial charge >= 0.3 is 0 Å². The topological polar surface area (TPSA) is 35.0 Å². The zero-order valence-electron chi connectivity index (χ0n) is 18.0. The molecule has 3 rings (SSSR count). The van der Waals surface area contributed by atoms with Gasteiger partial charge < -0.3 is 4.74 Å². The van der Waals surface area contributed by atoms with E-state index in [4.69, 9.17) is 4.74 Å². The van der Waals surface area contributed by atoms with E-state index in [0.29, 0.717) is 23.7 Å². The summed E-state index contributed by atoms with van der Waals surface area (Å²) in [6, 6.07) is 9.10. The van der Waals surface area contributed by atoms with E-state index >= 15 is 0 Å². The van der Waals surface area contributed by atoms with Gasteiger partial charge in [0.1, 0.15) is 5.82 Å². The average Bonchev–Trinajstić information content (AvgIpc) is 2.76. The Labute approximate surface area is 175 Å². The van der Waals surface area contributed by atoms with Gasteiger partial charge in [-0.05, 0) is 54.9 Å². The Morgan fingerprint density at radius 1 is 0.966 bits per heavy atom. The number of rotatable bonds is 10. The fourth-order valence-corrected chi connectivity index (χ4v) is 4.29. The summed E-state index contributed by atoms with van der Waals surface area (Å²) in [6.07, 6.45) is 12.1. The van der Waals surface area contributed by atoms with Crippen molar-refractivity contribution in [1.82, 2.24) is 10.2 Å². The first-order chi connectivity index (χ1) is 14.2. The maximum atomic E-state index is 14.7. The van der Waals surface area contributed by atoms with E-state index in [1.165, 1.54) is 38.5 Å². The third-order valence-corrected chi connectivity index (χ3v) is 6.33. The lowest BCUT2D eigenvalue weighted by Crippen LogP contribution is -2.14. The molecule has 1 aromatic heterocycles. The van der Waals surface area contributed by atoms with Crippen molar-refractivity contribution < 1.29 is 9.13 Å². The Hall–Kier alpha value is -1.97. The lowest BCUT2D eigenvalue weighted by molar-refractivity contribution is 0.259. The van der Waals surface area contributed by atoms with Gasteiger partial charge in [0.05, 0.1) is 12.3 Å². The van der Waals surface area contributed by atoms with Crippen LogP contribution in [-0.4, -0.2) is 16.8 Å². The zero-order chi connectivity index (χ0) is 20.5. The van der Waals surface area contributed by atoms with Crippen LogP contribution >= 0.6 is 0 Å². The van der Waals surface area contributed by atoms with Crippen molar-refractivity contribution in [2.24, 2.45) is 11.8 Å². The van der Waals surface area contributed by atoms with Gasteiger partial charge in [0.25, 0.3) is 0 Å². The maximum absolute atomic E-state index is 14.7. The van der Waals surface area contributed by atoms with E-state index in [9.17, 15) is 4.39 Å². The van der Waals surface area contributed by atoms with Crippen molar-refractivity contribution >= 4 is 0 Å². The molecule has 1 heterocycles. The molecule has 0 atom stereocenters. The van der Waals surface area contributed by atoms with E-state index in [2.05, 4.69) is 24.0 Å². The molecule has 0 aliphatic heterocycles. The third-order valence-electron chi connectivity index (χ3n) is 6.33. The first-order valence-electron chi connectivity index (χ1n) is 11.4. The number of hydrogen-bond donors (Lipinski definition) is 0. The van der Waals surface area contributed by atoms with Crippen molar-refractivity contribution in [3.05, 3.63) is 41.7 Å². The number of halogens is 1. The van der Waals surface area contributed by atoms with Gasteiger partial charge in [-0.25, -0.2) is 4.39 Å². The van der Waals surface area contributed by atoms with Crippen LogP contribution in [0.15, 0.2) is 30.3 Å². The van der Waals surface area contributed by atoms with Crippen LogP contribution in [0.2, 0.25) is 0 Å². The predicted molar refractivity (Wildman–Crippen MR) is 117 cm³/mol. The second-order valence-electron chi connectivity index (χ2n) is 8.46. The molecule has 1 aliphatic rings. The minimum atomic E-state index is -0.219. The highest BCUT2D eigenvalue weighted by molar-refractivity contribution is 5.60. The van der Waals surface area contributed by atoms with Crippen LogP contribution in [0.4, 0.5) is 4.39 Å². The molecule has 0 saturated heterocycles. The first-order valence-corrected chi connectivity index (χ1v) is 11.4. The van der Waals surface area contributed by atoms with E-state index in [0.717, 1.165) is 43.1 Å². The zero-order valence-corrected chi connectivity index (χ0v) is 18.0. The van der Waals surface area contributed by atoms with Gasteiger partial charge in [-0.15, -0.1) is 10.2 Å². The van der Waals surface area contributed by atoms with Crippen molar-refractivity contribution in [3.63, 3.8) is 0 Å². The second kappa shape index (κ2) is 11.3. The Balaban J connectivity index is 1.52. The molecule has 29 heavy (non-hydrogen) atoms. The predicted octanol–water partition coefficient (Wildman–Crippen LogP) is 7.00. The van der Waals surface area contributed by atoms with Gasteiger partial charge in [0, 0.05) is 11.6 Å². The SMILES string of the molecule is CCCCCOc1ccc(-c2ccc(CCC3CCC(CC)CC3)cc2F)nn1. The molecule has 4 heteroatoms. The van der Waals surface area contributed by atoms with E-state index in [-0.39, 0.29) is 5.82 Å². The third kappa shape index (κ3) is 6.52. The Morgan fingerprint density at radius 2 is 1.76 bits per heavy atom. The van der Waals surface area contributed by atoms with Crippen LogP contribution in [0.25, 0.3) is 11.3 Å². The quantitative estimate of drug-likeness (QED) is 0.404. The largest absolute Gasteiger partial charge is 0.477 e. The number of unbranched alkanes of at least 4 members (excludes halogenated alkanes) is 2. The summed E-state index contributed by atoms with van der Waals surface area (Å²) in [6.45, 7) is 5.10. The summed E-state index contributed by atoms with van der Waals surface area (Å²) in [7, 11) is 0. The summed E-state index contributed by atoms with van der Waals surface area (Å²) >= 11 is 0. The molecule has 0 radical (unpaired) electrons. The first kappa shape index (κ1) is 21.7. The summed E-state index contributed by atoms with van der Waals surface area (Å²) in [5.41, 5.74) is 2.13. The number of hydrogen-bond acceptors (Lipinski definition) is 3. The molecule has 0 unspecified atom stereocenters. The fourth-order valence-electron chi connectivity index (χ4n) is 4.29. The van der Waals surface area contributed by atoms with E-state index in [1.807, 2.05) is 12.1 Å². The molecule has 0 amide bonds. The molecule has 1 aliphatic carbocycles.